The molecular formula is C16H13ClF2N2. The van der Waals surface area contributed by atoms with E-state index in [1.165, 1.54) is 18.2 Å². The molecule has 1 heterocycles. The first-order valence-corrected chi connectivity index (χ1v) is 7.13. The molecule has 0 aliphatic carbocycles. The van der Waals surface area contributed by atoms with E-state index in [0.717, 1.165) is 5.56 Å². The highest BCUT2D eigenvalue weighted by Crippen LogP contribution is 2.27. The van der Waals surface area contributed by atoms with Crippen LogP contribution in [0.4, 0.5) is 8.78 Å². The Kier molecular flexibility index (Phi) is 3.64. The lowest BCUT2D eigenvalue weighted by Crippen LogP contribution is -2.06. The highest BCUT2D eigenvalue weighted by Gasteiger charge is 2.17. The summed E-state index contributed by atoms with van der Waals surface area (Å²) in [6.07, 6.45) is 0.478. The van der Waals surface area contributed by atoms with Gasteiger partial charge in [-0.25, -0.2) is 13.8 Å². The second-order valence-corrected chi connectivity index (χ2v) is 5.22. The van der Waals surface area contributed by atoms with Crippen molar-refractivity contribution in [3.63, 3.8) is 0 Å². The zero-order valence-electron chi connectivity index (χ0n) is 11.4. The van der Waals surface area contributed by atoms with Crippen molar-refractivity contribution < 1.29 is 8.78 Å². The first-order chi connectivity index (χ1) is 10.1. The van der Waals surface area contributed by atoms with E-state index in [0.29, 0.717) is 34.8 Å². The summed E-state index contributed by atoms with van der Waals surface area (Å²) in [6.45, 7) is 1.83. The second-order valence-electron chi connectivity index (χ2n) is 4.84. The molecule has 3 rings (SSSR count). The van der Waals surface area contributed by atoms with Gasteiger partial charge >= 0.3 is 0 Å². The molecule has 0 saturated heterocycles. The molecule has 0 amide bonds. The number of alkyl halides is 1. The largest absolute Gasteiger partial charge is 0.293 e. The maximum atomic E-state index is 14.3. The van der Waals surface area contributed by atoms with Crippen LogP contribution in [0.1, 0.15) is 11.4 Å². The number of halogens is 3. The van der Waals surface area contributed by atoms with Crippen LogP contribution >= 0.6 is 11.6 Å². The van der Waals surface area contributed by atoms with E-state index in [-0.39, 0.29) is 11.6 Å². The number of aryl methyl sites for hydroxylation is 2. The van der Waals surface area contributed by atoms with Gasteiger partial charge in [-0.15, -0.1) is 11.6 Å². The van der Waals surface area contributed by atoms with Crippen molar-refractivity contribution in [3.05, 3.63) is 59.4 Å². The summed E-state index contributed by atoms with van der Waals surface area (Å²) in [5, 5.41) is 0. The van der Waals surface area contributed by atoms with Crippen molar-refractivity contribution in [2.45, 2.75) is 13.3 Å². The molecule has 0 N–H and O–H groups in total. The topological polar surface area (TPSA) is 17.8 Å². The predicted octanol–water partition coefficient (Wildman–Crippen LogP) is 4.39. The van der Waals surface area contributed by atoms with E-state index in [9.17, 15) is 8.78 Å². The van der Waals surface area contributed by atoms with Crippen molar-refractivity contribution >= 4 is 22.6 Å². The molecule has 3 aromatic rings. The van der Waals surface area contributed by atoms with Gasteiger partial charge in [-0.3, -0.25) is 4.57 Å². The normalized spacial score (nSPS) is 11.2. The van der Waals surface area contributed by atoms with Gasteiger partial charge in [0.15, 0.2) is 0 Å². The van der Waals surface area contributed by atoms with Gasteiger partial charge in [-0.1, -0.05) is 12.1 Å². The molecule has 0 unspecified atom stereocenters. The van der Waals surface area contributed by atoms with Crippen LogP contribution in [0.25, 0.3) is 16.7 Å². The van der Waals surface area contributed by atoms with Crippen molar-refractivity contribution in [1.82, 2.24) is 9.55 Å². The maximum absolute atomic E-state index is 14.3. The molecule has 0 radical (unpaired) electrons. The molecule has 5 heteroatoms. The molecule has 0 spiro atoms. The average molecular weight is 307 g/mol. The van der Waals surface area contributed by atoms with Gasteiger partial charge in [-0.2, -0.15) is 0 Å². The monoisotopic (exact) mass is 306 g/mol. The highest BCUT2D eigenvalue weighted by molar-refractivity contribution is 6.17. The number of hydrogen-bond acceptors (Lipinski definition) is 1. The lowest BCUT2D eigenvalue weighted by Gasteiger charge is -2.12. The molecular weight excluding hydrogens is 294 g/mol. The van der Waals surface area contributed by atoms with Crippen molar-refractivity contribution in [3.8, 4) is 5.69 Å². The SMILES string of the molecule is Cc1cccc(F)c1-n1c(CCCl)nc2cc(F)ccc21. The summed E-state index contributed by atoms with van der Waals surface area (Å²) in [6, 6.07) is 9.21. The van der Waals surface area contributed by atoms with Crippen LogP contribution in [0, 0.1) is 18.6 Å². The Morgan fingerprint density at radius 1 is 1.19 bits per heavy atom. The Labute approximate surface area is 126 Å². The molecule has 0 saturated carbocycles. The van der Waals surface area contributed by atoms with E-state index in [1.807, 2.05) is 13.0 Å². The lowest BCUT2D eigenvalue weighted by molar-refractivity contribution is 0.615. The third-order valence-electron chi connectivity index (χ3n) is 3.42. The summed E-state index contributed by atoms with van der Waals surface area (Å²) < 4.78 is 29.4. The molecule has 0 aliphatic rings. The number of imidazole rings is 1. The van der Waals surface area contributed by atoms with E-state index in [4.69, 9.17) is 11.6 Å². The third-order valence-corrected chi connectivity index (χ3v) is 3.61. The minimum atomic E-state index is -0.366. The number of nitrogens with zero attached hydrogens (tertiary/aromatic N) is 2. The first kappa shape index (κ1) is 14.0. The Balaban J connectivity index is 2.36. The summed E-state index contributed by atoms with van der Waals surface area (Å²) in [7, 11) is 0. The summed E-state index contributed by atoms with van der Waals surface area (Å²) in [4.78, 5) is 4.39. The Morgan fingerprint density at radius 3 is 2.71 bits per heavy atom. The van der Waals surface area contributed by atoms with Crippen LogP contribution in [0.5, 0.6) is 0 Å². The van der Waals surface area contributed by atoms with Crippen LogP contribution in [0.2, 0.25) is 0 Å². The van der Waals surface area contributed by atoms with Crippen LogP contribution in [0.3, 0.4) is 0 Å². The van der Waals surface area contributed by atoms with Crippen LogP contribution in [-0.4, -0.2) is 15.4 Å². The number of rotatable bonds is 3. The number of aromatic nitrogens is 2. The molecule has 2 aromatic carbocycles. The van der Waals surface area contributed by atoms with Gasteiger partial charge in [0, 0.05) is 18.4 Å². The van der Waals surface area contributed by atoms with Gasteiger partial charge < -0.3 is 0 Å². The van der Waals surface area contributed by atoms with Gasteiger partial charge in [0.05, 0.1) is 16.7 Å². The quantitative estimate of drug-likeness (QED) is 0.656. The molecule has 1 aromatic heterocycles. The fourth-order valence-corrected chi connectivity index (χ4v) is 2.68. The average Bonchev–Trinajstić information content (AvgIpc) is 2.77. The number of para-hydroxylation sites is 1. The van der Waals surface area contributed by atoms with Crippen LogP contribution in [-0.2, 0) is 6.42 Å². The van der Waals surface area contributed by atoms with Crippen LogP contribution < -0.4 is 0 Å². The second kappa shape index (κ2) is 5.45. The fraction of sp³-hybridized carbons (Fsp3) is 0.188. The molecule has 0 bridgehead atoms. The summed E-state index contributed by atoms with van der Waals surface area (Å²) in [5.74, 6) is 0.280. The standard InChI is InChI=1S/C16H13ClF2N2/c1-10-3-2-4-12(19)16(10)21-14-6-5-11(18)9-13(14)20-15(21)7-8-17/h2-6,9H,7-8H2,1H3. The fourth-order valence-electron chi connectivity index (χ4n) is 2.51. The number of benzene rings is 2. The number of hydrogen-bond donors (Lipinski definition) is 0. The smallest absolute Gasteiger partial charge is 0.147 e. The zero-order valence-corrected chi connectivity index (χ0v) is 12.2. The van der Waals surface area contributed by atoms with Crippen molar-refractivity contribution in [2.75, 3.05) is 5.88 Å². The van der Waals surface area contributed by atoms with Crippen molar-refractivity contribution in [1.29, 1.82) is 0 Å². The van der Waals surface area contributed by atoms with E-state index in [1.54, 1.807) is 16.7 Å². The Morgan fingerprint density at radius 2 is 2.00 bits per heavy atom. The van der Waals surface area contributed by atoms with E-state index >= 15 is 0 Å². The van der Waals surface area contributed by atoms with Gasteiger partial charge in [0.2, 0.25) is 0 Å². The van der Waals surface area contributed by atoms with Gasteiger partial charge in [0.1, 0.15) is 17.5 Å². The summed E-state index contributed by atoms with van der Waals surface area (Å²) >= 11 is 5.81. The first-order valence-electron chi connectivity index (χ1n) is 6.60. The third kappa shape index (κ3) is 2.40. The van der Waals surface area contributed by atoms with E-state index in [2.05, 4.69) is 4.98 Å². The summed E-state index contributed by atoms with van der Waals surface area (Å²) in [5.41, 5.74) is 2.39. The molecule has 0 fully saturated rings. The molecule has 0 aliphatic heterocycles. The Hall–Kier alpha value is -1.94. The minimum absolute atomic E-state index is 0.338. The Bertz CT molecular complexity index is 791. The molecule has 108 valence electrons. The van der Waals surface area contributed by atoms with Crippen molar-refractivity contribution in [2.24, 2.45) is 0 Å². The number of fused-ring (bicyclic) bond motifs is 1. The zero-order chi connectivity index (χ0) is 15.0. The van der Waals surface area contributed by atoms with E-state index < -0.39 is 0 Å². The molecule has 0 atom stereocenters. The van der Waals surface area contributed by atoms with Gasteiger partial charge in [-0.05, 0) is 30.7 Å². The predicted molar refractivity (Wildman–Crippen MR) is 80.1 cm³/mol. The molecule has 21 heavy (non-hydrogen) atoms. The van der Waals surface area contributed by atoms with Crippen LogP contribution in [0.15, 0.2) is 36.4 Å². The highest BCUT2D eigenvalue weighted by atomic mass is 35.5. The molecule has 2 nitrogen and oxygen atoms in total. The maximum Gasteiger partial charge on any atom is 0.147 e. The van der Waals surface area contributed by atoms with Gasteiger partial charge in [0.25, 0.3) is 0 Å². The minimum Gasteiger partial charge on any atom is -0.293 e. The lowest BCUT2D eigenvalue weighted by atomic mass is 10.1.